The van der Waals surface area contributed by atoms with Gasteiger partial charge in [-0.25, -0.2) is 9.37 Å². The van der Waals surface area contributed by atoms with Crippen LogP contribution in [-0.4, -0.2) is 62.4 Å². The number of carbonyl (C=O) groups is 1. The lowest BCUT2D eigenvalue weighted by atomic mass is 10.1. The van der Waals surface area contributed by atoms with Gasteiger partial charge >= 0.3 is 0 Å². The number of aromatic nitrogens is 2. The Morgan fingerprint density at radius 1 is 0.977 bits per heavy atom. The molecule has 2 fully saturated rings. The number of thioether (sulfide) groups is 1. The Morgan fingerprint density at radius 2 is 1.73 bits per heavy atom. The molecule has 3 aliphatic heterocycles. The number of halogens is 1. The van der Waals surface area contributed by atoms with Gasteiger partial charge in [0.05, 0.1) is 17.0 Å². The molecule has 0 unspecified atom stereocenters. The van der Waals surface area contributed by atoms with Crippen molar-refractivity contribution in [3.8, 4) is 11.5 Å². The summed E-state index contributed by atoms with van der Waals surface area (Å²) in [5, 5.41) is 0. The highest BCUT2D eigenvalue weighted by Crippen LogP contribution is 2.35. The summed E-state index contributed by atoms with van der Waals surface area (Å²) in [7, 11) is 0. The first-order chi connectivity index (χ1) is 21.3. The predicted molar refractivity (Wildman–Crippen MR) is 171 cm³/mol. The molecule has 12 heteroatoms. The lowest BCUT2D eigenvalue weighted by Gasteiger charge is -2.36. The van der Waals surface area contributed by atoms with Crippen molar-refractivity contribution in [2.75, 3.05) is 37.9 Å². The van der Waals surface area contributed by atoms with Crippen LogP contribution in [-0.2, 0) is 17.9 Å². The van der Waals surface area contributed by atoms with Crippen molar-refractivity contribution in [2.45, 2.75) is 20.0 Å². The van der Waals surface area contributed by atoms with E-state index in [4.69, 9.17) is 26.7 Å². The van der Waals surface area contributed by atoms with Crippen molar-refractivity contribution >= 4 is 51.7 Å². The summed E-state index contributed by atoms with van der Waals surface area (Å²) >= 11 is 6.69. The van der Waals surface area contributed by atoms with Crippen molar-refractivity contribution in [1.29, 1.82) is 0 Å². The molecule has 5 heterocycles. The van der Waals surface area contributed by atoms with Gasteiger partial charge in [-0.15, -0.1) is 0 Å². The van der Waals surface area contributed by atoms with E-state index >= 15 is 0 Å². The second-order valence-corrected chi connectivity index (χ2v) is 12.6. The number of benzene rings is 2. The Hall–Kier alpha value is -4.26. The van der Waals surface area contributed by atoms with E-state index in [1.54, 1.807) is 24.4 Å². The molecule has 1 amide bonds. The molecular weight excluding hydrogens is 602 g/mol. The van der Waals surface area contributed by atoms with Crippen molar-refractivity contribution in [2.24, 2.45) is 0 Å². The van der Waals surface area contributed by atoms with Crippen molar-refractivity contribution in [3.05, 3.63) is 104 Å². The van der Waals surface area contributed by atoms with Gasteiger partial charge in [0, 0.05) is 38.9 Å². The van der Waals surface area contributed by atoms with Crippen LogP contribution in [0.1, 0.15) is 22.3 Å². The maximum Gasteiger partial charge on any atom is 0.267 e. The normalized spacial score (nSPS) is 17.8. The SMILES string of the molecule is Cc1cccn2c(=O)c(C=C3SC(=S)N(Cc4ccc(F)cc4)C3=O)c(N3CCN(Cc4ccc5c(c4)OCO5)CC3)nc12. The van der Waals surface area contributed by atoms with E-state index < -0.39 is 0 Å². The number of thiocarbonyl (C=S) groups is 1. The molecule has 0 saturated carbocycles. The zero-order valence-electron chi connectivity index (χ0n) is 23.9. The number of piperazine rings is 1. The molecule has 2 saturated heterocycles. The number of hydrogen-bond acceptors (Lipinski definition) is 9. The first-order valence-electron chi connectivity index (χ1n) is 14.2. The minimum Gasteiger partial charge on any atom is -0.454 e. The van der Waals surface area contributed by atoms with E-state index in [1.165, 1.54) is 21.4 Å². The van der Waals surface area contributed by atoms with Gasteiger partial charge in [0.15, 0.2) is 11.5 Å². The van der Waals surface area contributed by atoms with Crippen LogP contribution >= 0.6 is 24.0 Å². The second-order valence-electron chi connectivity index (χ2n) is 10.9. The minimum absolute atomic E-state index is 0.217. The molecule has 44 heavy (non-hydrogen) atoms. The lowest BCUT2D eigenvalue weighted by Crippen LogP contribution is -2.47. The zero-order chi connectivity index (χ0) is 30.4. The number of carbonyl (C=O) groups excluding carboxylic acids is 1. The maximum absolute atomic E-state index is 13.9. The van der Waals surface area contributed by atoms with E-state index in [9.17, 15) is 14.0 Å². The second kappa shape index (κ2) is 11.7. The lowest BCUT2D eigenvalue weighted by molar-refractivity contribution is -0.122. The van der Waals surface area contributed by atoms with Gasteiger partial charge in [-0.1, -0.05) is 48.2 Å². The molecule has 2 aromatic carbocycles. The molecule has 0 aliphatic carbocycles. The van der Waals surface area contributed by atoms with Gasteiger partial charge in [-0.3, -0.25) is 23.8 Å². The van der Waals surface area contributed by atoms with Crippen molar-refractivity contribution in [3.63, 3.8) is 0 Å². The zero-order valence-corrected chi connectivity index (χ0v) is 25.5. The summed E-state index contributed by atoms with van der Waals surface area (Å²) in [6.45, 7) is 6.00. The number of nitrogens with zero attached hydrogens (tertiary/aromatic N) is 5. The topological polar surface area (TPSA) is 79.6 Å². The fraction of sp³-hybridized carbons (Fsp3) is 0.250. The van der Waals surface area contributed by atoms with Crippen LogP contribution in [0, 0.1) is 12.7 Å². The van der Waals surface area contributed by atoms with Gasteiger partial charge < -0.3 is 14.4 Å². The summed E-state index contributed by atoms with van der Waals surface area (Å²) in [5.74, 6) is 1.45. The molecule has 7 rings (SSSR count). The molecule has 0 radical (unpaired) electrons. The quantitative estimate of drug-likeness (QED) is 0.225. The fourth-order valence-electron chi connectivity index (χ4n) is 5.62. The fourth-order valence-corrected chi connectivity index (χ4v) is 6.86. The average Bonchev–Trinajstić information content (AvgIpc) is 3.60. The number of ether oxygens (including phenoxy) is 2. The highest BCUT2D eigenvalue weighted by atomic mass is 32.2. The molecule has 3 aliphatic rings. The first-order valence-corrected chi connectivity index (χ1v) is 15.4. The molecule has 9 nitrogen and oxygen atoms in total. The van der Waals surface area contributed by atoms with Crippen LogP contribution in [0.4, 0.5) is 10.2 Å². The predicted octanol–water partition coefficient (Wildman–Crippen LogP) is 4.59. The number of amides is 1. The van der Waals surface area contributed by atoms with Crippen molar-refractivity contribution in [1.82, 2.24) is 19.2 Å². The molecular formula is C32H28FN5O4S2. The first kappa shape index (κ1) is 28.5. The Kier molecular flexibility index (Phi) is 7.57. The summed E-state index contributed by atoms with van der Waals surface area (Å²) in [6.07, 6.45) is 3.32. The van der Waals surface area contributed by atoms with Gasteiger partial charge in [0.25, 0.3) is 11.5 Å². The third-order valence-corrected chi connectivity index (χ3v) is 9.36. The largest absolute Gasteiger partial charge is 0.454 e. The highest BCUT2D eigenvalue weighted by Gasteiger charge is 2.33. The maximum atomic E-state index is 13.9. The molecule has 0 spiro atoms. The van der Waals surface area contributed by atoms with Crippen LogP contribution < -0.4 is 19.9 Å². The third-order valence-electron chi connectivity index (χ3n) is 7.98. The van der Waals surface area contributed by atoms with E-state index in [1.807, 2.05) is 31.2 Å². The van der Waals surface area contributed by atoms with E-state index in [0.29, 0.717) is 39.3 Å². The van der Waals surface area contributed by atoms with E-state index in [-0.39, 0.29) is 30.6 Å². The van der Waals surface area contributed by atoms with Gasteiger partial charge in [0.1, 0.15) is 21.6 Å². The molecule has 0 N–H and O–H groups in total. The number of fused-ring (bicyclic) bond motifs is 2. The highest BCUT2D eigenvalue weighted by molar-refractivity contribution is 8.26. The molecule has 0 bridgehead atoms. The van der Waals surface area contributed by atoms with Crippen molar-refractivity contribution < 1.29 is 18.7 Å². The van der Waals surface area contributed by atoms with Crippen LogP contribution in [0.25, 0.3) is 11.7 Å². The van der Waals surface area contributed by atoms with Crippen LogP contribution in [0.15, 0.2) is 70.5 Å². The average molecular weight is 630 g/mol. The number of hydrogen-bond donors (Lipinski definition) is 0. The third kappa shape index (κ3) is 5.44. The molecule has 0 atom stereocenters. The van der Waals surface area contributed by atoms with E-state index in [2.05, 4.69) is 15.9 Å². The summed E-state index contributed by atoms with van der Waals surface area (Å²) in [4.78, 5) is 38.7. The standard InChI is InChI=1S/C32H28FN5O4S2/c1-20-3-2-10-37-28(20)34-29(36-13-11-35(12-14-36)17-22-6-9-25-26(15-22)42-19-41-25)24(30(37)39)16-27-31(40)38(32(43)44-27)18-21-4-7-23(33)8-5-21/h2-10,15-16H,11-14,17-19H2,1H3. The van der Waals surface area contributed by atoms with Crippen LogP contribution in [0.2, 0.25) is 0 Å². The van der Waals surface area contributed by atoms with E-state index in [0.717, 1.165) is 59.6 Å². The molecule has 2 aromatic heterocycles. The summed E-state index contributed by atoms with van der Waals surface area (Å²) < 4.78 is 26.3. The Morgan fingerprint density at radius 3 is 2.52 bits per heavy atom. The molecule has 4 aromatic rings. The monoisotopic (exact) mass is 629 g/mol. The van der Waals surface area contributed by atoms with Gasteiger partial charge in [-0.05, 0) is 60.0 Å². The summed E-state index contributed by atoms with van der Waals surface area (Å²) in [6, 6.07) is 15.7. The Bertz CT molecular complexity index is 1890. The van der Waals surface area contributed by atoms with Gasteiger partial charge in [0.2, 0.25) is 6.79 Å². The number of pyridine rings is 1. The van der Waals surface area contributed by atoms with Crippen LogP contribution in [0.5, 0.6) is 11.5 Å². The van der Waals surface area contributed by atoms with Crippen LogP contribution in [0.3, 0.4) is 0 Å². The van der Waals surface area contributed by atoms with Gasteiger partial charge in [-0.2, -0.15) is 0 Å². The number of aryl methyl sites for hydroxylation is 1. The number of anilines is 1. The summed E-state index contributed by atoms with van der Waals surface area (Å²) in [5.41, 5.74) is 3.45. The minimum atomic E-state index is -0.347. The Balaban J connectivity index is 1.17. The number of rotatable bonds is 6. The Labute approximate surface area is 262 Å². The molecule has 224 valence electrons. The smallest absolute Gasteiger partial charge is 0.267 e.